The second-order valence-electron chi connectivity index (χ2n) is 2.63. The molecule has 0 amide bonds. The molecule has 0 aliphatic rings. The van der Waals surface area contributed by atoms with Gasteiger partial charge in [-0.2, -0.15) is 5.26 Å². The molecule has 1 aromatic rings. The molecule has 0 bridgehead atoms. The van der Waals surface area contributed by atoms with E-state index in [0.29, 0.717) is 5.56 Å². The fourth-order valence-electron chi connectivity index (χ4n) is 0.950. The van der Waals surface area contributed by atoms with Crippen LogP contribution in [0.25, 0.3) is 0 Å². The number of benzene rings is 1. The van der Waals surface area contributed by atoms with Crippen LogP contribution in [0.3, 0.4) is 0 Å². The lowest BCUT2D eigenvalue weighted by molar-refractivity contribution is 1.39. The Morgan fingerprint density at radius 3 is 2.93 bits per heavy atom. The van der Waals surface area contributed by atoms with E-state index in [0.717, 1.165) is 5.56 Å². The van der Waals surface area contributed by atoms with Gasteiger partial charge in [-0.1, -0.05) is 24.0 Å². The maximum Gasteiger partial charge on any atom is 0.122 e. The second kappa shape index (κ2) is 4.69. The summed E-state index contributed by atoms with van der Waals surface area (Å²) < 4.78 is 0. The van der Waals surface area contributed by atoms with Crippen LogP contribution in [0.1, 0.15) is 17.5 Å². The molecular formula is C11H9N3. The van der Waals surface area contributed by atoms with Crippen molar-refractivity contribution in [3.05, 3.63) is 35.4 Å². The van der Waals surface area contributed by atoms with Crippen LogP contribution in [0.4, 0.5) is 0 Å². The lowest BCUT2D eigenvalue weighted by Crippen LogP contribution is -2.10. The predicted octanol–water partition coefficient (Wildman–Crippen LogP) is 1.24. The van der Waals surface area contributed by atoms with Crippen molar-refractivity contribution >= 4 is 5.84 Å². The molecule has 0 atom stereocenters. The Morgan fingerprint density at radius 1 is 1.50 bits per heavy atom. The highest BCUT2D eigenvalue weighted by molar-refractivity contribution is 5.95. The zero-order valence-electron chi connectivity index (χ0n) is 7.54. The maximum atomic E-state index is 8.28. The zero-order chi connectivity index (χ0) is 10.4. The third kappa shape index (κ3) is 2.66. The molecule has 0 unspecified atom stereocenters. The Morgan fingerprint density at radius 2 is 2.29 bits per heavy atom. The smallest absolute Gasteiger partial charge is 0.122 e. The number of hydrogen-bond acceptors (Lipinski definition) is 2. The van der Waals surface area contributed by atoms with E-state index in [4.69, 9.17) is 16.4 Å². The topological polar surface area (TPSA) is 73.7 Å². The molecule has 3 nitrogen and oxygen atoms in total. The van der Waals surface area contributed by atoms with Gasteiger partial charge in [0.1, 0.15) is 5.84 Å². The second-order valence-corrected chi connectivity index (χ2v) is 2.63. The molecule has 0 saturated heterocycles. The summed E-state index contributed by atoms with van der Waals surface area (Å²) in [4.78, 5) is 0. The molecule has 0 radical (unpaired) electrons. The number of nitrogens with two attached hydrogens (primary N) is 1. The molecule has 0 fully saturated rings. The van der Waals surface area contributed by atoms with Crippen molar-refractivity contribution < 1.29 is 0 Å². The number of rotatable bonds is 1. The molecule has 0 aliphatic heterocycles. The number of hydrogen-bond donors (Lipinski definition) is 2. The normalized spacial score (nSPS) is 8.21. The first-order valence-electron chi connectivity index (χ1n) is 4.04. The number of nitrogen functional groups attached to an aromatic ring is 1. The van der Waals surface area contributed by atoms with E-state index < -0.39 is 0 Å². The maximum absolute atomic E-state index is 8.28. The van der Waals surface area contributed by atoms with Crippen molar-refractivity contribution in [1.29, 1.82) is 10.7 Å². The first-order valence-corrected chi connectivity index (χ1v) is 4.04. The Hall–Kier alpha value is -2.26. The third-order valence-corrected chi connectivity index (χ3v) is 1.57. The van der Waals surface area contributed by atoms with Gasteiger partial charge in [0.25, 0.3) is 0 Å². The largest absolute Gasteiger partial charge is 0.384 e. The summed E-state index contributed by atoms with van der Waals surface area (Å²) >= 11 is 0. The molecule has 0 aromatic heterocycles. The van der Waals surface area contributed by atoms with Gasteiger partial charge in [-0.15, -0.1) is 0 Å². The summed E-state index contributed by atoms with van der Waals surface area (Å²) in [7, 11) is 0. The van der Waals surface area contributed by atoms with Crippen molar-refractivity contribution in [3.8, 4) is 17.9 Å². The van der Waals surface area contributed by atoms with Crippen molar-refractivity contribution in [1.82, 2.24) is 0 Å². The fourth-order valence-corrected chi connectivity index (χ4v) is 0.950. The molecule has 0 heterocycles. The van der Waals surface area contributed by atoms with Crippen LogP contribution in [0.15, 0.2) is 24.3 Å². The van der Waals surface area contributed by atoms with Gasteiger partial charge in [-0.05, 0) is 12.1 Å². The van der Waals surface area contributed by atoms with E-state index in [1.165, 1.54) is 0 Å². The quantitative estimate of drug-likeness (QED) is 0.390. The van der Waals surface area contributed by atoms with Crippen LogP contribution in [-0.4, -0.2) is 5.84 Å². The molecule has 0 saturated carbocycles. The van der Waals surface area contributed by atoms with Crippen LogP contribution < -0.4 is 5.73 Å². The van der Waals surface area contributed by atoms with E-state index in [1.807, 2.05) is 12.1 Å². The lowest BCUT2D eigenvalue weighted by atomic mass is 10.1. The Balaban J connectivity index is 2.92. The zero-order valence-corrected chi connectivity index (χ0v) is 7.54. The number of nitrogens with one attached hydrogen (secondary N) is 1. The van der Waals surface area contributed by atoms with E-state index in [2.05, 4.69) is 11.8 Å². The highest BCUT2D eigenvalue weighted by atomic mass is 14.7. The Labute approximate surface area is 82.7 Å². The average Bonchev–Trinajstić information content (AvgIpc) is 2.19. The molecule has 0 aliphatic carbocycles. The summed E-state index contributed by atoms with van der Waals surface area (Å²) in [5, 5.41) is 15.5. The lowest BCUT2D eigenvalue weighted by Gasteiger charge is -1.97. The molecule has 1 rings (SSSR count). The Kier molecular flexibility index (Phi) is 3.29. The number of nitriles is 1. The SMILES string of the molecule is N#CCC#Cc1cccc(C(=N)N)c1. The van der Waals surface area contributed by atoms with Gasteiger partial charge in [-0.3, -0.25) is 5.41 Å². The molecule has 1 aromatic carbocycles. The predicted molar refractivity (Wildman–Crippen MR) is 54.6 cm³/mol. The van der Waals surface area contributed by atoms with Gasteiger partial charge in [0.2, 0.25) is 0 Å². The average molecular weight is 183 g/mol. The fraction of sp³-hybridized carbons (Fsp3) is 0.0909. The van der Waals surface area contributed by atoms with Gasteiger partial charge >= 0.3 is 0 Å². The first-order chi connectivity index (χ1) is 6.74. The van der Waals surface area contributed by atoms with Crippen molar-refractivity contribution in [2.24, 2.45) is 5.73 Å². The van der Waals surface area contributed by atoms with E-state index in [1.54, 1.807) is 18.2 Å². The molecule has 3 N–H and O–H groups in total. The van der Waals surface area contributed by atoms with Gasteiger partial charge in [0.15, 0.2) is 0 Å². The highest BCUT2D eigenvalue weighted by Crippen LogP contribution is 2.02. The van der Waals surface area contributed by atoms with Crippen LogP contribution >= 0.6 is 0 Å². The van der Waals surface area contributed by atoms with Crippen LogP contribution in [0, 0.1) is 28.6 Å². The molecular weight excluding hydrogens is 174 g/mol. The van der Waals surface area contributed by atoms with Crippen LogP contribution in [0.2, 0.25) is 0 Å². The molecule has 0 spiro atoms. The first kappa shape index (κ1) is 9.83. The Bertz CT molecular complexity index is 444. The van der Waals surface area contributed by atoms with Gasteiger partial charge in [0.05, 0.1) is 12.5 Å². The van der Waals surface area contributed by atoms with Gasteiger partial charge in [0, 0.05) is 11.1 Å². The summed E-state index contributed by atoms with van der Waals surface area (Å²) in [6, 6.07) is 9.01. The molecule has 68 valence electrons. The van der Waals surface area contributed by atoms with Crippen molar-refractivity contribution in [3.63, 3.8) is 0 Å². The monoisotopic (exact) mass is 183 g/mol. The summed E-state index contributed by atoms with van der Waals surface area (Å²) in [6.07, 6.45) is 0.213. The molecule has 3 heteroatoms. The standard InChI is InChI=1S/C11H9N3/c12-7-2-1-4-9-5-3-6-10(8-9)11(13)14/h3,5-6,8H,2H2,(H3,13,14). The summed E-state index contributed by atoms with van der Waals surface area (Å²) in [6.45, 7) is 0. The summed E-state index contributed by atoms with van der Waals surface area (Å²) in [5.41, 5.74) is 6.74. The van der Waals surface area contributed by atoms with Gasteiger partial charge < -0.3 is 5.73 Å². The summed E-state index contributed by atoms with van der Waals surface area (Å²) in [5.74, 6) is 5.53. The van der Waals surface area contributed by atoms with Crippen LogP contribution in [-0.2, 0) is 0 Å². The minimum atomic E-state index is 0.0222. The molecule has 14 heavy (non-hydrogen) atoms. The number of nitrogens with zero attached hydrogens (tertiary/aromatic N) is 1. The van der Waals surface area contributed by atoms with Gasteiger partial charge in [-0.25, -0.2) is 0 Å². The highest BCUT2D eigenvalue weighted by Gasteiger charge is 1.95. The minimum Gasteiger partial charge on any atom is -0.384 e. The van der Waals surface area contributed by atoms with E-state index >= 15 is 0 Å². The van der Waals surface area contributed by atoms with Crippen molar-refractivity contribution in [2.45, 2.75) is 6.42 Å². The van der Waals surface area contributed by atoms with E-state index in [-0.39, 0.29) is 12.3 Å². The van der Waals surface area contributed by atoms with E-state index in [9.17, 15) is 0 Å². The minimum absolute atomic E-state index is 0.0222. The van der Waals surface area contributed by atoms with Crippen LogP contribution in [0.5, 0.6) is 0 Å². The van der Waals surface area contributed by atoms with Crippen molar-refractivity contribution in [2.75, 3.05) is 0 Å². The third-order valence-electron chi connectivity index (χ3n) is 1.57. The number of amidine groups is 1.